The summed E-state index contributed by atoms with van der Waals surface area (Å²) in [4.78, 5) is 37.2. The van der Waals surface area contributed by atoms with Crippen LogP contribution in [-0.2, 0) is 13.1 Å². The number of benzene rings is 1. The topological polar surface area (TPSA) is 105 Å². The van der Waals surface area contributed by atoms with Gasteiger partial charge in [0.25, 0.3) is 0 Å². The number of fused-ring (bicyclic) bond motifs is 1. The quantitative estimate of drug-likeness (QED) is 0.344. The van der Waals surface area contributed by atoms with E-state index in [1.165, 1.54) is 10.5 Å². The molecule has 1 amide bonds. The summed E-state index contributed by atoms with van der Waals surface area (Å²) in [6, 6.07) is 8.43. The van der Waals surface area contributed by atoms with Crippen molar-refractivity contribution < 1.29 is 9.90 Å². The molecule has 0 radical (unpaired) electrons. The number of halogens is 1. The van der Waals surface area contributed by atoms with Crippen LogP contribution < -0.4 is 4.90 Å². The first-order valence-corrected chi connectivity index (χ1v) is 14.5. The lowest BCUT2D eigenvalue weighted by Gasteiger charge is -2.36. The van der Waals surface area contributed by atoms with E-state index in [9.17, 15) is 4.79 Å². The number of piperazine rings is 2. The van der Waals surface area contributed by atoms with E-state index in [-0.39, 0.29) is 0 Å². The van der Waals surface area contributed by atoms with Crippen LogP contribution in [0.4, 0.5) is 10.5 Å². The molecule has 38 heavy (non-hydrogen) atoms. The van der Waals surface area contributed by atoms with Crippen molar-refractivity contribution in [1.29, 1.82) is 0 Å². The highest BCUT2D eigenvalue weighted by Gasteiger charge is 2.24. The van der Waals surface area contributed by atoms with Crippen LogP contribution in [0.5, 0.6) is 0 Å². The summed E-state index contributed by atoms with van der Waals surface area (Å²) in [5.41, 5.74) is 7.99. The van der Waals surface area contributed by atoms with Gasteiger partial charge in [-0.1, -0.05) is 24.3 Å². The second-order valence-corrected chi connectivity index (χ2v) is 11.3. The molecule has 3 aromatic heterocycles. The van der Waals surface area contributed by atoms with Crippen LogP contribution >= 0.6 is 27.3 Å². The molecular weight excluding hydrogens is 568 g/mol. The maximum absolute atomic E-state index is 11.1. The minimum absolute atomic E-state index is 0.554. The fourth-order valence-electron chi connectivity index (χ4n) is 5.15. The summed E-state index contributed by atoms with van der Waals surface area (Å²) in [5.74, 6) is 0.802. The van der Waals surface area contributed by atoms with Crippen molar-refractivity contribution in [2.24, 2.45) is 0 Å². The SMILES string of the molecule is O=C(O)N1CCN(Cc2ccc(-c3nc4c(N5CCN(Cc6cscn6)CC5)c(Br)cnc4[nH]3)cc2)CC1. The molecule has 0 aliphatic carbocycles. The zero-order valence-corrected chi connectivity index (χ0v) is 23.3. The minimum atomic E-state index is -0.835. The van der Waals surface area contributed by atoms with Gasteiger partial charge in [0.2, 0.25) is 0 Å². The van der Waals surface area contributed by atoms with Gasteiger partial charge in [0.1, 0.15) is 11.3 Å². The maximum Gasteiger partial charge on any atom is 0.407 e. The molecule has 4 aromatic rings. The van der Waals surface area contributed by atoms with Gasteiger partial charge in [-0.2, -0.15) is 0 Å². The van der Waals surface area contributed by atoms with E-state index in [0.717, 1.165) is 90.8 Å². The third-order valence-electron chi connectivity index (χ3n) is 7.28. The molecule has 2 saturated heterocycles. The second-order valence-electron chi connectivity index (χ2n) is 9.72. The molecule has 0 saturated carbocycles. The Morgan fingerprint density at radius 2 is 1.68 bits per heavy atom. The van der Waals surface area contributed by atoms with Gasteiger partial charge in [-0.3, -0.25) is 9.80 Å². The van der Waals surface area contributed by atoms with Crippen LogP contribution in [0.25, 0.3) is 22.6 Å². The van der Waals surface area contributed by atoms with Gasteiger partial charge in [-0.05, 0) is 21.5 Å². The number of carbonyl (C=O) groups is 1. The van der Waals surface area contributed by atoms with Gasteiger partial charge in [0.15, 0.2) is 5.65 Å². The maximum atomic E-state index is 11.1. The van der Waals surface area contributed by atoms with Gasteiger partial charge < -0.3 is 19.9 Å². The molecule has 10 nitrogen and oxygen atoms in total. The number of carboxylic acid groups (broad SMARTS) is 1. The first-order chi connectivity index (χ1) is 18.5. The summed E-state index contributed by atoms with van der Waals surface area (Å²) in [7, 11) is 0. The number of aromatic nitrogens is 4. The number of rotatable bonds is 6. The lowest BCUT2D eigenvalue weighted by atomic mass is 10.1. The average Bonchev–Trinajstić information content (AvgIpc) is 3.60. The Kier molecular flexibility index (Phi) is 7.28. The van der Waals surface area contributed by atoms with Crippen LogP contribution in [0.15, 0.2) is 45.8 Å². The molecule has 2 aliphatic heterocycles. The second kappa shape index (κ2) is 11.0. The number of H-pyrrole nitrogens is 1. The zero-order chi connectivity index (χ0) is 26.1. The normalized spacial score (nSPS) is 17.4. The molecule has 0 bridgehead atoms. The number of pyridine rings is 1. The third-order valence-corrected chi connectivity index (χ3v) is 8.49. The molecule has 0 unspecified atom stereocenters. The molecule has 6 rings (SSSR count). The van der Waals surface area contributed by atoms with E-state index in [1.54, 1.807) is 11.3 Å². The highest BCUT2D eigenvalue weighted by molar-refractivity contribution is 9.10. The smallest absolute Gasteiger partial charge is 0.407 e. The monoisotopic (exact) mass is 596 g/mol. The van der Waals surface area contributed by atoms with Crippen molar-refractivity contribution in [1.82, 2.24) is 34.6 Å². The fourth-order valence-corrected chi connectivity index (χ4v) is 6.24. The molecule has 2 N–H and O–H groups in total. The van der Waals surface area contributed by atoms with Gasteiger partial charge in [0.05, 0.1) is 21.4 Å². The predicted molar refractivity (Wildman–Crippen MR) is 152 cm³/mol. The lowest BCUT2D eigenvalue weighted by molar-refractivity contribution is 0.103. The van der Waals surface area contributed by atoms with Crippen molar-refractivity contribution in [2.45, 2.75) is 13.1 Å². The number of nitrogens with one attached hydrogen (secondary N) is 1. The largest absolute Gasteiger partial charge is 0.465 e. The van der Waals surface area contributed by atoms with Gasteiger partial charge in [-0.15, -0.1) is 11.3 Å². The van der Waals surface area contributed by atoms with Crippen molar-refractivity contribution in [2.75, 3.05) is 57.3 Å². The molecule has 2 fully saturated rings. The number of amides is 1. The van der Waals surface area contributed by atoms with Crippen LogP contribution in [-0.4, -0.2) is 98.2 Å². The van der Waals surface area contributed by atoms with Crippen molar-refractivity contribution in [3.63, 3.8) is 0 Å². The van der Waals surface area contributed by atoms with E-state index >= 15 is 0 Å². The molecule has 198 valence electrons. The van der Waals surface area contributed by atoms with Gasteiger partial charge in [-0.25, -0.2) is 19.7 Å². The number of hydrogen-bond donors (Lipinski definition) is 2. The highest BCUT2D eigenvalue weighted by atomic mass is 79.9. The third kappa shape index (κ3) is 5.39. The molecule has 0 atom stereocenters. The lowest BCUT2D eigenvalue weighted by Crippen LogP contribution is -2.47. The Labute approximate surface area is 233 Å². The van der Waals surface area contributed by atoms with Crippen LogP contribution in [0.2, 0.25) is 0 Å². The number of nitrogens with zero attached hydrogens (tertiary/aromatic N) is 7. The van der Waals surface area contributed by atoms with E-state index in [0.29, 0.717) is 13.1 Å². The highest BCUT2D eigenvalue weighted by Crippen LogP contribution is 2.34. The van der Waals surface area contributed by atoms with Gasteiger partial charge >= 0.3 is 6.09 Å². The van der Waals surface area contributed by atoms with Gasteiger partial charge in [0, 0.05) is 82.6 Å². The number of aromatic amines is 1. The summed E-state index contributed by atoms with van der Waals surface area (Å²) in [5, 5.41) is 11.3. The van der Waals surface area contributed by atoms with E-state index < -0.39 is 6.09 Å². The Morgan fingerprint density at radius 1 is 0.974 bits per heavy atom. The first kappa shape index (κ1) is 25.2. The predicted octanol–water partition coefficient (Wildman–Crippen LogP) is 3.96. The fraction of sp³-hybridized carbons (Fsp3) is 0.385. The van der Waals surface area contributed by atoms with Crippen molar-refractivity contribution in [3.8, 4) is 11.4 Å². The summed E-state index contributed by atoms with van der Waals surface area (Å²) < 4.78 is 0.953. The number of thiazole rings is 1. The standard InChI is InChI=1S/C26H29BrN8O2S/c27-21-13-28-25-22(23(21)34-9-5-33(6-10-34)15-20-16-38-17-29-20)30-24(31-25)19-3-1-18(2-4-19)14-32-7-11-35(12-8-32)26(36)37/h1-4,13,16-17H,5-12,14-15H2,(H,36,37)(H,28,30,31). The van der Waals surface area contributed by atoms with Crippen LogP contribution in [0.1, 0.15) is 11.3 Å². The Balaban J connectivity index is 1.14. The Morgan fingerprint density at radius 3 is 2.37 bits per heavy atom. The Hall–Kier alpha value is -3.06. The van der Waals surface area contributed by atoms with E-state index in [4.69, 9.17) is 10.1 Å². The Bertz CT molecular complexity index is 1390. The number of anilines is 1. The molecule has 5 heterocycles. The van der Waals surface area contributed by atoms with E-state index in [1.807, 2.05) is 11.7 Å². The van der Waals surface area contributed by atoms with Crippen molar-refractivity contribution in [3.05, 3.63) is 57.1 Å². The summed E-state index contributed by atoms with van der Waals surface area (Å²) >= 11 is 5.37. The summed E-state index contributed by atoms with van der Waals surface area (Å²) in [6.07, 6.45) is 1.02. The number of hydrogen-bond acceptors (Lipinski definition) is 8. The number of imidazole rings is 1. The molecular formula is C26H29BrN8O2S. The molecule has 12 heteroatoms. The molecule has 1 aromatic carbocycles. The zero-order valence-electron chi connectivity index (χ0n) is 20.9. The van der Waals surface area contributed by atoms with Crippen molar-refractivity contribution >= 4 is 50.2 Å². The summed E-state index contributed by atoms with van der Waals surface area (Å²) in [6.45, 7) is 8.08. The van der Waals surface area contributed by atoms with Crippen LogP contribution in [0.3, 0.4) is 0 Å². The molecule has 0 spiro atoms. The minimum Gasteiger partial charge on any atom is -0.465 e. The average molecular weight is 598 g/mol. The molecule has 2 aliphatic rings. The van der Waals surface area contributed by atoms with E-state index in [2.05, 4.69) is 75.2 Å². The first-order valence-electron chi connectivity index (χ1n) is 12.7. The van der Waals surface area contributed by atoms with Crippen LogP contribution in [0, 0.1) is 0 Å².